The zero-order valence-corrected chi connectivity index (χ0v) is 9.44. The minimum absolute atomic E-state index is 0.134. The molecule has 2 nitrogen and oxygen atoms in total. The first-order valence-electron chi connectivity index (χ1n) is 5.52. The fourth-order valence-electron chi connectivity index (χ4n) is 1.97. The van der Waals surface area contributed by atoms with Crippen LogP contribution in [0.15, 0.2) is 30.3 Å². The van der Waals surface area contributed by atoms with Gasteiger partial charge in [0.05, 0.1) is 12.7 Å². The third-order valence-corrected chi connectivity index (χ3v) is 3.55. The van der Waals surface area contributed by atoms with Gasteiger partial charge >= 0.3 is 0 Å². The number of benzene rings is 1. The molecule has 0 bridgehead atoms. The van der Waals surface area contributed by atoms with Gasteiger partial charge in [0.15, 0.2) is 0 Å². The van der Waals surface area contributed by atoms with Crippen LogP contribution in [0.5, 0.6) is 0 Å². The highest BCUT2D eigenvalue weighted by Crippen LogP contribution is 2.41. The molecule has 0 heterocycles. The Hall–Kier alpha value is -0.860. The van der Waals surface area contributed by atoms with Gasteiger partial charge in [-0.2, -0.15) is 0 Å². The molecule has 0 saturated heterocycles. The quantitative estimate of drug-likeness (QED) is 0.822. The molecule has 1 aliphatic rings. The lowest BCUT2D eigenvalue weighted by atomic mass is 9.65. The summed E-state index contributed by atoms with van der Waals surface area (Å²) in [5.74, 6) is 0. The summed E-state index contributed by atoms with van der Waals surface area (Å²) >= 11 is 0. The summed E-state index contributed by atoms with van der Waals surface area (Å²) in [6.45, 7) is 5.05. The summed E-state index contributed by atoms with van der Waals surface area (Å²) < 4.78 is 5.87. The molecule has 1 aromatic rings. The Labute approximate surface area is 91.4 Å². The van der Waals surface area contributed by atoms with Crippen molar-refractivity contribution in [1.82, 2.24) is 0 Å². The summed E-state index contributed by atoms with van der Waals surface area (Å²) in [6, 6.07) is 10.6. The van der Waals surface area contributed by atoms with Crippen LogP contribution in [-0.2, 0) is 11.3 Å². The zero-order valence-electron chi connectivity index (χ0n) is 9.44. The molecule has 82 valence electrons. The van der Waals surface area contributed by atoms with E-state index in [-0.39, 0.29) is 5.41 Å². The van der Waals surface area contributed by atoms with Gasteiger partial charge in [-0.15, -0.1) is 0 Å². The van der Waals surface area contributed by atoms with E-state index in [1.807, 2.05) is 18.2 Å². The maximum atomic E-state index is 5.94. The number of nitrogens with two attached hydrogens (primary N) is 1. The Morgan fingerprint density at radius 2 is 2.00 bits per heavy atom. The smallest absolute Gasteiger partial charge is 0.0720 e. The van der Waals surface area contributed by atoms with E-state index in [9.17, 15) is 0 Å². The van der Waals surface area contributed by atoms with E-state index in [1.54, 1.807) is 0 Å². The fraction of sp³-hybridized carbons (Fsp3) is 0.538. The lowest BCUT2D eigenvalue weighted by Crippen LogP contribution is -2.58. The van der Waals surface area contributed by atoms with Crippen LogP contribution in [0.2, 0.25) is 0 Å². The van der Waals surface area contributed by atoms with Gasteiger partial charge in [0, 0.05) is 11.5 Å². The molecule has 1 aromatic carbocycles. The van der Waals surface area contributed by atoms with Crippen LogP contribution in [0.1, 0.15) is 25.8 Å². The standard InChI is InChI=1S/C13H19NO/c1-13(2)11(14)8-12(13)15-9-10-6-4-3-5-7-10/h3-7,11-12H,8-9,14H2,1-2H3. The third-order valence-electron chi connectivity index (χ3n) is 3.55. The summed E-state index contributed by atoms with van der Waals surface area (Å²) in [6.07, 6.45) is 1.30. The van der Waals surface area contributed by atoms with Crippen molar-refractivity contribution < 1.29 is 4.74 Å². The molecule has 2 unspecified atom stereocenters. The second-order valence-electron chi connectivity index (χ2n) is 4.95. The second kappa shape index (κ2) is 3.95. The lowest BCUT2D eigenvalue weighted by molar-refractivity contribution is -0.115. The van der Waals surface area contributed by atoms with Gasteiger partial charge in [-0.25, -0.2) is 0 Å². The lowest BCUT2D eigenvalue weighted by Gasteiger charge is -2.49. The second-order valence-corrected chi connectivity index (χ2v) is 4.95. The van der Waals surface area contributed by atoms with Crippen molar-refractivity contribution in [2.75, 3.05) is 0 Å². The van der Waals surface area contributed by atoms with Crippen molar-refractivity contribution in [2.24, 2.45) is 11.1 Å². The molecule has 15 heavy (non-hydrogen) atoms. The minimum atomic E-state index is 0.134. The Morgan fingerprint density at radius 1 is 1.33 bits per heavy atom. The van der Waals surface area contributed by atoms with E-state index >= 15 is 0 Å². The van der Waals surface area contributed by atoms with E-state index in [4.69, 9.17) is 10.5 Å². The number of ether oxygens (including phenoxy) is 1. The topological polar surface area (TPSA) is 35.2 Å². The Kier molecular flexibility index (Phi) is 2.81. The van der Waals surface area contributed by atoms with Crippen LogP contribution in [0.3, 0.4) is 0 Å². The van der Waals surface area contributed by atoms with Crippen LogP contribution in [0, 0.1) is 5.41 Å². The molecule has 2 N–H and O–H groups in total. The van der Waals surface area contributed by atoms with E-state index in [2.05, 4.69) is 26.0 Å². The summed E-state index contributed by atoms with van der Waals surface area (Å²) in [5.41, 5.74) is 7.30. The summed E-state index contributed by atoms with van der Waals surface area (Å²) in [7, 11) is 0. The molecule has 1 fully saturated rings. The highest BCUT2D eigenvalue weighted by Gasteiger charge is 2.46. The molecule has 1 aliphatic carbocycles. The highest BCUT2D eigenvalue weighted by atomic mass is 16.5. The molecule has 0 aromatic heterocycles. The van der Waals surface area contributed by atoms with Gasteiger partial charge < -0.3 is 10.5 Å². The first-order chi connectivity index (χ1) is 7.10. The van der Waals surface area contributed by atoms with Crippen LogP contribution < -0.4 is 5.73 Å². The van der Waals surface area contributed by atoms with Crippen molar-refractivity contribution >= 4 is 0 Å². The van der Waals surface area contributed by atoms with E-state index < -0.39 is 0 Å². The first kappa shape index (κ1) is 10.7. The zero-order chi connectivity index (χ0) is 10.9. The molecule has 2 rings (SSSR count). The molecule has 2 heteroatoms. The molecule has 0 spiro atoms. The van der Waals surface area contributed by atoms with Crippen LogP contribution >= 0.6 is 0 Å². The third kappa shape index (κ3) is 2.06. The molecule has 0 radical (unpaired) electrons. The molecule has 0 aliphatic heterocycles. The van der Waals surface area contributed by atoms with Crippen LogP contribution in [0.4, 0.5) is 0 Å². The molecule has 0 amide bonds. The van der Waals surface area contributed by atoms with E-state index in [0.717, 1.165) is 6.42 Å². The van der Waals surface area contributed by atoms with E-state index in [0.29, 0.717) is 18.8 Å². The number of hydrogen-bond acceptors (Lipinski definition) is 2. The van der Waals surface area contributed by atoms with Gasteiger partial charge in [-0.05, 0) is 12.0 Å². The molecule has 2 atom stereocenters. The van der Waals surface area contributed by atoms with Crippen LogP contribution in [0.25, 0.3) is 0 Å². The molecule has 1 saturated carbocycles. The van der Waals surface area contributed by atoms with Crippen molar-refractivity contribution in [2.45, 2.75) is 39.0 Å². The first-order valence-corrected chi connectivity index (χ1v) is 5.52. The minimum Gasteiger partial charge on any atom is -0.373 e. The van der Waals surface area contributed by atoms with Crippen molar-refractivity contribution in [1.29, 1.82) is 0 Å². The maximum Gasteiger partial charge on any atom is 0.0720 e. The highest BCUT2D eigenvalue weighted by molar-refractivity contribution is 5.13. The number of hydrogen-bond donors (Lipinski definition) is 1. The van der Waals surface area contributed by atoms with Gasteiger partial charge in [0.25, 0.3) is 0 Å². The number of rotatable bonds is 3. The molecular weight excluding hydrogens is 186 g/mol. The maximum absolute atomic E-state index is 5.94. The normalized spacial score (nSPS) is 28.5. The monoisotopic (exact) mass is 205 g/mol. The molecular formula is C13H19NO. The average Bonchev–Trinajstić information content (AvgIpc) is 2.25. The Bertz CT molecular complexity index is 321. The predicted molar refractivity (Wildman–Crippen MR) is 61.4 cm³/mol. The van der Waals surface area contributed by atoms with Gasteiger partial charge in [0.2, 0.25) is 0 Å². The SMILES string of the molecule is CC1(C)C(N)CC1OCc1ccccc1. The van der Waals surface area contributed by atoms with Crippen molar-refractivity contribution in [3.63, 3.8) is 0 Å². The summed E-state index contributed by atoms with van der Waals surface area (Å²) in [4.78, 5) is 0. The fourth-order valence-corrected chi connectivity index (χ4v) is 1.97. The van der Waals surface area contributed by atoms with Gasteiger partial charge in [0.1, 0.15) is 0 Å². The van der Waals surface area contributed by atoms with Crippen LogP contribution in [-0.4, -0.2) is 12.1 Å². The predicted octanol–water partition coefficient (Wildman–Crippen LogP) is 2.33. The van der Waals surface area contributed by atoms with Gasteiger partial charge in [-0.3, -0.25) is 0 Å². The van der Waals surface area contributed by atoms with Crippen molar-refractivity contribution in [3.05, 3.63) is 35.9 Å². The van der Waals surface area contributed by atoms with Gasteiger partial charge in [-0.1, -0.05) is 44.2 Å². The Morgan fingerprint density at radius 3 is 2.53 bits per heavy atom. The van der Waals surface area contributed by atoms with Crippen molar-refractivity contribution in [3.8, 4) is 0 Å². The van der Waals surface area contributed by atoms with E-state index in [1.165, 1.54) is 5.56 Å². The summed E-state index contributed by atoms with van der Waals surface area (Å²) in [5, 5.41) is 0. The Balaban J connectivity index is 1.85. The average molecular weight is 205 g/mol. The largest absolute Gasteiger partial charge is 0.373 e.